The standard InChI is InChI=1S/C13H18/c1-4-5-8-12-9-6-7-10-13(12)11(2)3/h4-7,9-11H,8H2,1-3H3/b5-4-. The molecule has 0 fully saturated rings. The largest absolute Gasteiger partial charge is 0.0913 e. The highest BCUT2D eigenvalue weighted by atomic mass is 14.1. The van der Waals surface area contributed by atoms with Crippen LogP contribution in [0.25, 0.3) is 0 Å². The second kappa shape index (κ2) is 4.86. The summed E-state index contributed by atoms with van der Waals surface area (Å²) in [6.07, 6.45) is 5.38. The SMILES string of the molecule is C/C=C\Cc1ccccc1C(C)C. The Labute approximate surface area is 81.3 Å². The van der Waals surface area contributed by atoms with Gasteiger partial charge in [-0.15, -0.1) is 0 Å². The van der Waals surface area contributed by atoms with E-state index in [-0.39, 0.29) is 0 Å². The highest BCUT2D eigenvalue weighted by Gasteiger charge is 2.03. The minimum atomic E-state index is 0.626. The van der Waals surface area contributed by atoms with Crippen LogP contribution in [0.2, 0.25) is 0 Å². The van der Waals surface area contributed by atoms with Gasteiger partial charge in [-0.05, 0) is 30.4 Å². The Morgan fingerprint density at radius 3 is 2.54 bits per heavy atom. The van der Waals surface area contributed by atoms with Gasteiger partial charge in [0.05, 0.1) is 0 Å². The maximum Gasteiger partial charge on any atom is -0.00947 e. The van der Waals surface area contributed by atoms with E-state index in [0.29, 0.717) is 5.92 Å². The van der Waals surface area contributed by atoms with Gasteiger partial charge in [-0.25, -0.2) is 0 Å². The summed E-state index contributed by atoms with van der Waals surface area (Å²) in [4.78, 5) is 0. The van der Waals surface area contributed by atoms with Gasteiger partial charge in [0.15, 0.2) is 0 Å². The topological polar surface area (TPSA) is 0 Å². The zero-order valence-corrected chi connectivity index (χ0v) is 8.75. The van der Waals surface area contributed by atoms with Crippen LogP contribution in [-0.4, -0.2) is 0 Å². The molecule has 0 saturated carbocycles. The minimum absolute atomic E-state index is 0.626. The molecule has 0 aliphatic heterocycles. The second-order valence-electron chi connectivity index (χ2n) is 3.63. The fourth-order valence-corrected chi connectivity index (χ4v) is 1.53. The van der Waals surface area contributed by atoms with E-state index in [0.717, 1.165) is 6.42 Å². The monoisotopic (exact) mass is 174 g/mol. The van der Waals surface area contributed by atoms with Crippen LogP contribution >= 0.6 is 0 Å². The van der Waals surface area contributed by atoms with E-state index in [1.54, 1.807) is 0 Å². The fraction of sp³-hybridized carbons (Fsp3) is 0.385. The van der Waals surface area contributed by atoms with Crippen molar-refractivity contribution in [3.05, 3.63) is 47.5 Å². The maximum absolute atomic E-state index is 2.24. The first-order valence-corrected chi connectivity index (χ1v) is 4.94. The molecule has 1 aromatic carbocycles. The fourth-order valence-electron chi connectivity index (χ4n) is 1.53. The maximum atomic E-state index is 2.24. The summed E-state index contributed by atoms with van der Waals surface area (Å²) in [7, 11) is 0. The van der Waals surface area contributed by atoms with E-state index in [4.69, 9.17) is 0 Å². The third-order valence-corrected chi connectivity index (χ3v) is 2.25. The lowest BCUT2D eigenvalue weighted by Gasteiger charge is -2.10. The molecule has 1 aromatic rings. The number of hydrogen-bond acceptors (Lipinski definition) is 0. The van der Waals surface area contributed by atoms with Gasteiger partial charge in [0, 0.05) is 0 Å². The minimum Gasteiger partial charge on any atom is -0.0913 e. The second-order valence-corrected chi connectivity index (χ2v) is 3.63. The van der Waals surface area contributed by atoms with Gasteiger partial charge in [0.2, 0.25) is 0 Å². The van der Waals surface area contributed by atoms with Gasteiger partial charge < -0.3 is 0 Å². The van der Waals surface area contributed by atoms with E-state index in [9.17, 15) is 0 Å². The molecular formula is C13H18. The lowest BCUT2D eigenvalue weighted by molar-refractivity contribution is 0.850. The Morgan fingerprint density at radius 2 is 1.92 bits per heavy atom. The first kappa shape index (κ1) is 10.0. The number of rotatable bonds is 3. The van der Waals surface area contributed by atoms with Crippen molar-refractivity contribution in [2.75, 3.05) is 0 Å². The summed E-state index contributed by atoms with van der Waals surface area (Å²) in [5.74, 6) is 0.626. The van der Waals surface area contributed by atoms with Crippen molar-refractivity contribution in [1.29, 1.82) is 0 Å². The predicted molar refractivity (Wildman–Crippen MR) is 59.0 cm³/mol. The summed E-state index contributed by atoms with van der Waals surface area (Å²) in [5.41, 5.74) is 2.93. The molecule has 0 amide bonds. The summed E-state index contributed by atoms with van der Waals surface area (Å²) < 4.78 is 0. The molecule has 0 spiro atoms. The van der Waals surface area contributed by atoms with Crippen LogP contribution in [0, 0.1) is 0 Å². The predicted octanol–water partition coefficient (Wildman–Crippen LogP) is 3.93. The Hall–Kier alpha value is -1.04. The van der Waals surface area contributed by atoms with Gasteiger partial charge in [0.25, 0.3) is 0 Å². The quantitative estimate of drug-likeness (QED) is 0.609. The van der Waals surface area contributed by atoms with Crippen LogP contribution in [0.3, 0.4) is 0 Å². The molecule has 1 rings (SSSR count). The van der Waals surface area contributed by atoms with Crippen LogP contribution in [-0.2, 0) is 6.42 Å². The Morgan fingerprint density at radius 1 is 1.23 bits per heavy atom. The van der Waals surface area contributed by atoms with E-state index in [2.05, 4.69) is 57.2 Å². The molecule has 0 unspecified atom stereocenters. The van der Waals surface area contributed by atoms with E-state index in [1.807, 2.05) is 0 Å². The summed E-state index contributed by atoms with van der Waals surface area (Å²) in [5, 5.41) is 0. The highest BCUT2D eigenvalue weighted by molar-refractivity contribution is 5.31. The molecule has 0 aromatic heterocycles. The van der Waals surface area contributed by atoms with Crippen molar-refractivity contribution in [2.24, 2.45) is 0 Å². The van der Waals surface area contributed by atoms with Gasteiger partial charge >= 0.3 is 0 Å². The normalized spacial score (nSPS) is 11.4. The molecule has 0 bridgehead atoms. The molecule has 0 nitrogen and oxygen atoms in total. The zero-order valence-electron chi connectivity index (χ0n) is 8.75. The lowest BCUT2D eigenvalue weighted by Crippen LogP contribution is -1.94. The van der Waals surface area contributed by atoms with Crippen molar-refractivity contribution in [3.8, 4) is 0 Å². The van der Waals surface area contributed by atoms with Crippen LogP contribution in [0.4, 0.5) is 0 Å². The molecule has 0 saturated heterocycles. The molecule has 0 atom stereocenters. The molecule has 0 heterocycles. The number of allylic oxidation sites excluding steroid dienone is 2. The van der Waals surface area contributed by atoms with Gasteiger partial charge in [-0.3, -0.25) is 0 Å². The first-order valence-electron chi connectivity index (χ1n) is 4.94. The van der Waals surface area contributed by atoms with Crippen molar-refractivity contribution in [3.63, 3.8) is 0 Å². The van der Waals surface area contributed by atoms with Crippen molar-refractivity contribution in [1.82, 2.24) is 0 Å². The van der Waals surface area contributed by atoms with E-state index < -0.39 is 0 Å². The molecule has 0 radical (unpaired) electrons. The summed E-state index contributed by atoms with van der Waals surface area (Å²) in [6, 6.07) is 8.68. The average Bonchev–Trinajstić information content (AvgIpc) is 2.15. The van der Waals surface area contributed by atoms with Gasteiger partial charge in [-0.2, -0.15) is 0 Å². The van der Waals surface area contributed by atoms with E-state index >= 15 is 0 Å². The first-order chi connectivity index (χ1) is 6.25. The van der Waals surface area contributed by atoms with Crippen LogP contribution in [0.1, 0.15) is 37.8 Å². The smallest absolute Gasteiger partial charge is 0.00947 e. The number of benzene rings is 1. The molecule has 0 aliphatic carbocycles. The Balaban J connectivity index is 2.91. The van der Waals surface area contributed by atoms with Crippen molar-refractivity contribution >= 4 is 0 Å². The molecule has 0 aliphatic rings. The van der Waals surface area contributed by atoms with Gasteiger partial charge in [-0.1, -0.05) is 50.3 Å². The van der Waals surface area contributed by atoms with Crippen molar-refractivity contribution < 1.29 is 0 Å². The van der Waals surface area contributed by atoms with Crippen molar-refractivity contribution in [2.45, 2.75) is 33.1 Å². The summed E-state index contributed by atoms with van der Waals surface area (Å²) in [6.45, 7) is 6.56. The lowest BCUT2D eigenvalue weighted by atomic mass is 9.95. The Bertz CT molecular complexity index is 282. The zero-order chi connectivity index (χ0) is 9.68. The molecular weight excluding hydrogens is 156 g/mol. The average molecular weight is 174 g/mol. The molecule has 0 heteroatoms. The highest BCUT2D eigenvalue weighted by Crippen LogP contribution is 2.19. The third-order valence-electron chi connectivity index (χ3n) is 2.25. The van der Waals surface area contributed by atoms with Crippen LogP contribution in [0.15, 0.2) is 36.4 Å². The number of hydrogen-bond donors (Lipinski definition) is 0. The third kappa shape index (κ3) is 2.73. The molecule has 0 N–H and O–H groups in total. The van der Waals surface area contributed by atoms with Gasteiger partial charge in [0.1, 0.15) is 0 Å². The molecule has 13 heavy (non-hydrogen) atoms. The van der Waals surface area contributed by atoms with Crippen LogP contribution in [0.5, 0.6) is 0 Å². The van der Waals surface area contributed by atoms with E-state index in [1.165, 1.54) is 11.1 Å². The van der Waals surface area contributed by atoms with Crippen LogP contribution < -0.4 is 0 Å². The molecule has 70 valence electrons. The Kier molecular flexibility index (Phi) is 3.75. The summed E-state index contributed by atoms with van der Waals surface area (Å²) >= 11 is 0.